The molecule has 31 heavy (non-hydrogen) atoms. The lowest BCUT2D eigenvalue weighted by atomic mass is 10.1. The summed E-state index contributed by atoms with van der Waals surface area (Å²) in [6, 6.07) is 10.3. The smallest absolute Gasteiger partial charge is 0.242 e. The monoisotopic (exact) mass is 464 g/mol. The Morgan fingerprint density at radius 3 is 2.42 bits per heavy atom. The molecular formula is C23H26Cl2N2O4. The molecular weight excluding hydrogens is 439 g/mol. The molecule has 2 aromatic carbocycles. The summed E-state index contributed by atoms with van der Waals surface area (Å²) in [4.78, 5) is 27.3. The second kappa shape index (κ2) is 10.7. The molecule has 166 valence electrons. The molecule has 0 spiro atoms. The molecule has 1 heterocycles. The summed E-state index contributed by atoms with van der Waals surface area (Å²) < 4.78 is 11.2. The van der Waals surface area contributed by atoms with Crippen molar-refractivity contribution in [1.29, 1.82) is 0 Å². The molecule has 0 bridgehead atoms. The first kappa shape index (κ1) is 23.2. The highest BCUT2D eigenvalue weighted by molar-refractivity contribution is 6.36. The van der Waals surface area contributed by atoms with Gasteiger partial charge in [0.15, 0.2) is 11.5 Å². The summed E-state index contributed by atoms with van der Waals surface area (Å²) in [6.07, 6.45) is 1.21. The van der Waals surface area contributed by atoms with Crippen molar-refractivity contribution in [2.24, 2.45) is 0 Å². The fourth-order valence-corrected chi connectivity index (χ4v) is 4.09. The molecule has 0 saturated carbocycles. The topological polar surface area (TPSA) is 67.9 Å². The first-order chi connectivity index (χ1) is 14.9. The molecule has 1 aliphatic rings. The number of rotatable bonds is 8. The van der Waals surface area contributed by atoms with Crippen molar-refractivity contribution in [3.05, 3.63) is 57.6 Å². The summed E-state index contributed by atoms with van der Waals surface area (Å²) in [5.74, 6) is 1.02. The van der Waals surface area contributed by atoms with Crippen molar-refractivity contribution < 1.29 is 19.1 Å². The quantitative estimate of drug-likeness (QED) is 0.633. The predicted octanol–water partition coefficient (Wildman–Crippen LogP) is 4.25. The van der Waals surface area contributed by atoms with Crippen LogP contribution in [0.15, 0.2) is 36.4 Å². The minimum Gasteiger partial charge on any atom is -0.486 e. The molecule has 6 nitrogen and oxygen atoms in total. The zero-order chi connectivity index (χ0) is 22.4. The molecule has 0 saturated heterocycles. The third-order valence-electron chi connectivity index (χ3n) is 5.26. The van der Waals surface area contributed by atoms with Crippen LogP contribution in [0.4, 0.5) is 0 Å². The Morgan fingerprint density at radius 1 is 1.10 bits per heavy atom. The minimum atomic E-state index is -0.620. The largest absolute Gasteiger partial charge is 0.486 e. The number of ether oxygens (including phenoxy) is 2. The molecule has 0 fully saturated rings. The van der Waals surface area contributed by atoms with Gasteiger partial charge < -0.3 is 19.7 Å². The van der Waals surface area contributed by atoms with Gasteiger partial charge in [-0.25, -0.2) is 0 Å². The van der Waals surface area contributed by atoms with Crippen LogP contribution in [0.5, 0.6) is 11.5 Å². The standard InChI is InChI=1S/C23H26Cl2N2O4/c1-3-19(23(29)26-2)27(14-16-17(24)5-4-6-18(16)25)22(28)10-8-15-7-9-20-21(13-15)31-12-11-30-20/h4-7,9,13,19H,3,8,10-12,14H2,1-2H3,(H,26,29). The third kappa shape index (κ3) is 5.63. The van der Waals surface area contributed by atoms with E-state index in [1.807, 2.05) is 25.1 Å². The van der Waals surface area contributed by atoms with Gasteiger partial charge in [-0.3, -0.25) is 9.59 Å². The van der Waals surface area contributed by atoms with Gasteiger partial charge in [-0.2, -0.15) is 0 Å². The SMILES string of the molecule is CCC(C(=O)NC)N(Cc1c(Cl)cccc1Cl)C(=O)CCc1ccc2c(c1)OCCO2. The number of aryl methyl sites for hydroxylation is 1. The number of carbonyl (C=O) groups excluding carboxylic acids is 2. The fraction of sp³-hybridized carbons (Fsp3) is 0.391. The van der Waals surface area contributed by atoms with E-state index in [0.717, 1.165) is 5.56 Å². The Hall–Kier alpha value is -2.44. The molecule has 8 heteroatoms. The first-order valence-electron chi connectivity index (χ1n) is 10.3. The number of nitrogens with one attached hydrogen (secondary N) is 1. The van der Waals surface area contributed by atoms with Crippen LogP contribution in [0.25, 0.3) is 0 Å². The van der Waals surface area contributed by atoms with Crippen molar-refractivity contribution in [3.8, 4) is 11.5 Å². The number of nitrogens with zero attached hydrogens (tertiary/aromatic N) is 1. The molecule has 2 aromatic rings. The molecule has 1 N–H and O–H groups in total. The molecule has 0 aromatic heterocycles. The number of carbonyl (C=O) groups is 2. The zero-order valence-corrected chi connectivity index (χ0v) is 19.1. The molecule has 0 radical (unpaired) electrons. The lowest BCUT2D eigenvalue weighted by Gasteiger charge is -2.31. The van der Waals surface area contributed by atoms with Crippen LogP contribution in [0.2, 0.25) is 10.0 Å². The lowest BCUT2D eigenvalue weighted by Crippen LogP contribution is -2.48. The Bertz CT molecular complexity index is 931. The summed E-state index contributed by atoms with van der Waals surface area (Å²) >= 11 is 12.7. The van der Waals surface area contributed by atoms with Crippen molar-refractivity contribution >= 4 is 35.0 Å². The summed E-state index contributed by atoms with van der Waals surface area (Å²) in [6.45, 7) is 3.06. The van der Waals surface area contributed by atoms with Crippen LogP contribution in [-0.2, 0) is 22.6 Å². The number of likely N-dealkylation sites (N-methyl/N-ethyl adjacent to an activating group) is 1. The van der Waals surface area contributed by atoms with E-state index in [4.69, 9.17) is 32.7 Å². The highest BCUT2D eigenvalue weighted by Gasteiger charge is 2.29. The molecule has 1 atom stereocenters. The summed E-state index contributed by atoms with van der Waals surface area (Å²) in [5.41, 5.74) is 1.59. The van der Waals surface area contributed by atoms with Crippen LogP contribution in [0, 0.1) is 0 Å². The van der Waals surface area contributed by atoms with Crippen LogP contribution >= 0.6 is 23.2 Å². The van der Waals surface area contributed by atoms with Crippen molar-refractivity contribution in [1.82, 2.24) is 10.2 Å². The Morgan fingerprint density at radius 2 is 1.77 bits per heavy atom. The van der Waals surface area contributed by atoms with Gasteiger partial charge in [-0.1, -0.05) is 42.3 Å². The van der Waals surface area contributed by atoms with Crippen LogP contribution in [-0.4, -0.2) is 43.0 Å². The Kier molecular flexibility index (Phi) is 8.04. The first-order valence-corrected chi connectivity index (χ1v) is 11.0. The van der Waals surface area contributed by atoms with E-state index in [0.29, 0.717) is 53.2 Å². The highest BCUT2D eigenvalue weighted by atomic mass is 35.5. The summed E-state index contributed by atoms with van der Waals surface area (Å²) in [7, 11) is 1.56. The molecule has 0 aliphatic carbocycles. The van der Waals surface area contributed by atoms with Crippen LogP contribution < -0.4 is 14.8 Å². The van der Waals surface area contributed by atoms with Gasteiger partial charge in [0, 0.05) is 35.6 Å². The van der Waals surface area contributed by atoms with Gasteiger partial charge in [0.1, 0.15) is 19.3 Å². The average Bonchev–Trinajstić information content (AvgIpc) is 2.78. The minimum absolute atomic E-state index is 0.152. The van der Waals surface area contributed by atoms with Gasteiger partial charge >= 0.3 is 0 Å². The number of benzene rings is 2. The van der Waals surface area contributed by atoms with Crippen molar-refractivity contribution in [2.45, 2.75) is 38.8 Å². The van der Waals surface area contributed by atoms with E-state index in [2.05, 4.69) is 5.32 Å². The average molecular weight is 465 g/mol. The fourth-order valence-electron chi connectivity index (χ4n) is 3.58. The molecule has 2 amide bonds. The van der Waals surface area contributed by atoms with Crippen molar-refractivity contribution in [3.63, 3.8) is 0 Å². The number of amides is 2. The van der Waals surface area contributed by atoms with Gasteiger partial charge in [-0.05, 0) is 42.7 Å². The van der Waals surface area contributed by atoms with E-state index in [-0.39, 0.29) is 24.8 Å². The van der Waals surface area contributed by atoms with Gasteiger partial charge in [0.2, 0.25) is 11.8 Å². The van der Waals surface area contributed by atoms with E-state index < -0.39 is 6.04 Å². The van der Waals surface area contributed by atoms with E-state index in [1.54, 1.807) is 30.1 Å². The summed E-state index contributed by atoms with van der Waals surface area (Å²) in [5, 5.41) is 3.57. The van der Waals surface area contributed by atoms with Gasteiger partial charge in [0.05, 0.1) is 0 Å². The van der Waals surface area contributed by atoms with Gasteiger partial charge in [0.25, 0.3) is 0 Å². The maximum Gasteiger partial charge on any atom is 0.242 e. The molecule has 3 rings (SSSR count). The Labute approximate surface area is 192 Å². The normalized spacial score (nSPS) is 13.4. The number of halogens is 2. The van der Waals surface area contributed by atoms with E-state index in [9.17, 15) is 9.59 Å². The van der Waals surface area contributed by atoms with Gasteiger partial charge in [-0.15, -0.1) is 0 Å². The second-order valence-corrected chi connectivity index (χ2v) is 8.05. The molecule has 1 aliphatic heterocycles. The van der Waals surface area contributed by atoms with Crippen molar-refractivity contribution in [2.75, 3.05) is 20.3 Å². The maximum absolute atomic E-state index is 13.3. The zero-order valence-electron chi connectivity index (χ0n) is 17.6. The lowest BCUT2D eigenvalue weighted by molar-refractivity contribution is -0.141. The number of hydrogen-bond acceptors (Lipinski definition) is 4. The molecule has 1 unspecified atom stereocenters. The highest BCUT2D eigenvalue weighted by Crippen LogP contribution is 2.31. The Balaban J connectivity index is 1.79. The predicted molar refractivity (Wildman–Crippen MR) is 121 cm³/mol. The maximum atomic E-state index is 13.3. The van der Waals surface area contributed by atoms with Crippen LogP contribution in [0.3, 0.4) is 0 Å². The van der Waals surface area contributed by atoms with Crippen LogP contribution in [0.1, 0.15) is 30.9 Å². The third-order valence-corrected chi connectivity index (χ3v) is 5.96. The number of hydrogen-bond donors (Lipinski definition) is 1. The van der Waals surface area contributed by atoms with E-state index in [1.165, 1.54) is 0 Å². The second-order valence-electron chi connectivity index (χ2n) is 7.24. The number of fused-ring (bicyclic) bond motifs is 1. The van der Waals surface area contributed by atoms with E-state index >= 15 is 0 Å².